The molecule has 1 saturated heterocycles. The molecule has 1 aliphatic carbocycles. The van der Waals surface area contributed by atoms with Gasteiger partial charge in [0.05, 0.1) is 5.71 Å². The first-order valence-corrected chi connectivity index (χ1v) is 8.52. The lowest BCUT2D eigenvalue weighted by Gasteiger charge is -2.34. The average Bonchev–Trinajstić information content (AvgIpc) is 2.96. The van der Waals surface area contributed by atoms with Crippen LogP contribution in [0.4, 0.5) is 5.95 Å². The third-order valence-electron chi connectivity index (χ3n) is 4.45. The molecular formula is C18H28IN5. The number of hydrazone groups is 1. The second-order valence-electron chi connectivity index (χ2n) is 7.54. The van der Waals surface area contributed by atoms with Gasteiger partial charge in [-0.2, -0.15) is 5.10 Å². The van der Waals surface area contributed by atoms with Crippen molar-refractivity contribution in [3.8, 4) is 0 Å². The van der Waals surface area contributed by atoms with Crippen molar-refractivity contribution in [1.29, 1.82) is 0 Å². The molecule has 6 heteroatoms. The minimum atomic E-state index is 0. The molecule has 132 valence electrons. The quantitative estimate of drug-likeness (QED) is 0.562. The molecule has 1 fully saturated rings. The Labute approximate surface area is 162 Å². The molecule has 1 aliphatic heterocycles. The zero-order chi connectivity index (χ0) is 16.4. The van der Waals surface area contributed by atoms with Gasteiger partial charge in [0.1, 0.15) is 0 Å². The van der Waals surface area contributed by atoms with E-state index in [1.165, 1.54) is 31.6 Å². The van der Waals surface area contributed by atoms with E-state index < -0.39 is 0 Å². The minimum absolute atomic E-state index is 0. The summed E-state index contributed by atoms with van der Waals surface area (Å²) < 4.78 is 0. The van der Waals surface area contributed by atoms with Gasteiger partial charge in [-0.25, -0.2) is 15.4 Å². The molecular weight excluding hydrogens is 413 g/mol. The third-order valence-corrected chi connectivity index (χ3v) is 4.45. The SMILES string of the molecule is Cc1cc(C)nc(N/N=C2/C=C(N3CCCC3)CC(C)(C)C2)n1.I. The number of nitrogens with one attached hydrogen (secondary N) is 1. The highest BCUT2D eigenvalue weighted by atomic mass is 127. The van der Waals surface area contributed by atoms with Gasteiger partial charge in [-0.05, 0) is 57.1 Å². The maximum Gasteiger partial charge on any atom is 0.243 e. The lowest BCUT2D eigenvalue weighted by atomic mass is 9.78. The molecule has 24 heavy (non-hydrogen) atoms. The minimum Gasteiger partial charge on any atom is -0.375 e. The number of anilines is 1. The van der Waals surface area contributed by atoms with E-state index in [1.807, 2.05) is 19.9 Å². The van der Waals surface area contributed by atoms with Crippen molar-refractivity contribution in [3.05, 3.63) is 29.2 Å². The number of aromatic nitrogens is 2. The number of hydrogen-bond donors (Lipinski definition) is 1. The molecule has 3 rings (SSSR count). The van der Waals surface area contributed by atoms with E-state index in [0.29, 0.717) is 5.95 Å². The van der Waals surface area contributed by atoms with Gasteiger partial charge >= 0.3 is 0 Å². The van der Waals surface area contributed by atoms with E-state index in [4.69, 9.17) is 0 Å². The summed E-state index contributed by atoms with van der Waals surface area (Å²) in [6.07, 6.45) is 6.97. The highest BCUT2D eigenvalue weighted by Crippen LogP contribution is 2.36. The molecule has 0 radical (unpaired) electrons. The first kappa shape index (κ1) is 19.1. The van der Waals surface area contributed by atoms with Crippen molar-refractivity contribution < 1.29 is 0 Å². The highest BCUT2D eigenvalue weighted by molar-refractivity contribution is 14.0. The molecule has 0 atom stereocenters. The first-order chi connectivity index (χ1) is 10.9. The fourth-order valence-corrected chi connectivity index (χ4v) is 3.51. The van der Waals surface area contributed by atoms with Crippen molar-refractivity contribution in [2.75, 3.05) is 18.5 Å². The Kier molecular flexibility index (Phi) is 6.22. The Morgan fingerprint density at radius 1 is 1.08 bits per heavy atom. The summed E-state index contributed by atoms with van der Waals surface area (Å²) in [4.78, 5) is 11.3. The first-order valence-electron chi connectivity index (χ1n) is 8.52. The van der Waals surface area contributed by atoms with Crippen LogP contribution in [-0.2, 0) is 0 Å². The summed E-state index contributed by atoms with van der Waals surface area (Å²) in [5.41, 5.74) is 7.73. The third kappa shape index (κ3) is 4.91. The maximum atomic E-state index is 4.59. The number of rotatable bonds is 3. The standard InChI is InChI=1S/C18H27N5.HI/c1-13-9-14(2)20-17(19-13)22-21-15-10-16(12-18(3,4)11-15)23-7-5-6-8-23;/h9-10H,5-8,11-12H2,1-4H3,(H,19,20,22);1H/b21-15-;. The van der Waals surface area contributed by atoms with Gasteiger partial charge in [-0.3, -0.25) is 0 Å². The van der Waals surface area contributed by atoms with Crippen molar-refractivity contribution >= 4 is 35.6 Å². The fourth-order valence-electron chi connectivity index (χ4n) is 3.51. The zero-order valence-corrected chi connectivity index (χ0v) is 17.4. The number of halogens is 1. The largest absolute Gasteiger partial charge is 0.375 e. The van der Waals surface area contributed by atoms with Gasteiger partial charge in [0.25, 0.3) is 0 Å². The van der Waals surface area contributed by atoms with E-state index in [2.05, 4.69) is 45.3 Å². The Hall–Kier alpha value is -1.18. The van der Waals surface area contributed by atoms with Crippen LogP contribution in [0.5, 0.6) is 0 Å². The van der Waals surface area contributed by atoms with Crippen LogP contribution in [0, 0.1) is 19.3 Å². The topological polar surface area (TPSA) is 53.4 Å². The Bertz CT molecular complexity index is 625. The molecule has 0 amide bonds. The van der Waals surface area contributed by atoms with Crippen molar-refractivity contribution in [2.45, 2.75) is 53.4 Å². The number of hydrogen-bond acceptors (Lipinski definition) is 5. The summed E-state index contributed by atoms with van der Waals surface area (Å²) in [7, 11) is 0. The summed E-state index contributed by atoms with van der Waals surface area (Å²) in [5.74, 6) is 0.578. The summed E-state index contributed by atoms with van der Waals surface area (Å²) in [6, 6.07) is 1.97. The lowest BCUT2D eigenvalue weighted by Crippen LogP contribution is -2.30. The molecule has 0 saturated carbocycles. The lowest BCUT2D eigenvalue weighted by molar-refractivity contribution is 0.305. The van der Waals surface area contributed by atoms with E-state index >= 15 is 0 Å². The van der Waals surface area contributed by atoms with Crippen molar-refractivity contribution in [1.82, 2.24) is 14.9 Å². The fraction of sp³-hybridized carbons (Fsp3) is 0.611. The van der Waals surface area contributed by atoms with E-state index in [0.717, 1.165) is 29.9 Å². The predicted octanol–water partition coefficient (Wildman–Crippen LogP) is 4.28. The van der Waals surface area contributed by atoms with Crippen LogP contribution in [0.1, 0.15) is 50.9 Å². The molecule has 0 spiro atoms. The summed E-state index contributed by atoms with van der Waals surface area (Å²) in [5, 5.41) is 4.59. The molecule has 5 nitrogen and oxygen atoms in total. The predicted molar refractivity (Wildman–Crippen MR) is 110 cm³/mol. The van der Waals surface area contributed by atoms with Crippen LogP contribution < -0.4 is 5.43 Å². The van der Waals surface area contributed by atoms with Crippen LogP contribution in [0.3, 0.4) is 0 Å². The van der Waals surface area contributed by atoms with Crippen molar-refractivity contribution in [3.63, 3.8) is 0 Å². The van der Waals surface area contributed by atoms with Crippen LogP contribution in [-0.4, -0.2) is 33.7 Å². The molecule has 2 heterocycles. The molecule has 1 aromatic rings. The highest BCUT2D eigenvalue weighted by Gasteiger charge is 2.29. The Morgan fingerprint density at radius 3 is 2.33 bits per heavy atom. The summed E-state index contributed by atoms with van der Waals surface area (Å²) in [6.45, 7) is 11.0. The zero-order valence-electron chi connectivity index (χ0n) is 15.1. The molecule has 1 aromatic heterocycles. The average molecular weight is 441 g/mol. The monoisotopic (exact) mass is 441 g/mol. The second kappa shape index (κ2) is 7.80. The van der Waals surface area contributed by atoms with E-state index in [9.17, 15) is 0 Å². The number of allylic oxidation sites excluding steroid dienone is 2. The molecule has 1 N–H and O–H groups in total. The van der Waals surface area contributed by atoms with Gasteiger partial charge < -0.3 is 4.90 Å². The van der Waals surface area contributed by atoms with Crippen LogP contribution >= 0.6 is 24.0 Å². The molecule has 0 bridgehead atoms. The van der Waals surface area contributed by atoms with Crippen LogP contribution in [0.15, 0.2) is 22.9 Å². The normalized spacial score (nSPS) is 21.4. The van der Waals surface area contributed by atoms with Crippen LogP contribution in [0.2, 0.25) is 0 Å². The maximum absolute atomic E-state index is 4.59. The number of aryl methyl sites for hydroxylation is 2. The second-order valence-corrected chi connectivity index (χ2v) is 7.54. The number of nitrogens with zero attached hydrogens (tertiary/aromatic N) is 4. The van der Waals surface area contributed by atoms with Gasteiger partial charge in [0.15, 0.2) is 0 Å². The van der Waals surface area contributed by atoms with Crippen molar-refractivity contribution in [2.24, 2.45) is 10.5 Å². The van der Waals surface area contributed by atoms with Gasteiger partial charge in [0.2, 0.25) is 5.95 Å². The van der Waals surface area contributed by atoms with Gasteiger partial charge in [0, 0.05) is 30.2 Å². The molecule has 0 aromatic carbocycles. The van der Waals surface area contributed by atoms with Gasteiger partial charge in [-0.1, -0.05) is 13.8 Å². The smallest absolute Gasteiger partial charge is 0.243 e. The Balaban J connectivity index is 0.00000208. The van der Waals surface area contributed by atoms with Crippen LogP contribution in [0.25, 0.3) is 0 Å². The molecule has 0 unspecified atom stereocenters. The van der Waals surface area contributed by atoms with E-state index in [-0.39, 0.29) is 29.4 Å². The number of likely N-dealkylation sites (tertiary alicyclic amines) is 1. The van der Waals surface area contributed by atoms with E-state index in [1.54, 1.807) is 0 Å². The summed E-state index contributed by atoms with van der Waals surface area (Å²) >= 11 is 0. The Morgan fingerprint density at radius 2 is 1.71 bits per heavy atom. The molecule has 2 aliphatic rings. The van der Waals surface area contributed by atoms with Gasteiger partial charge in [-0.15, -0.1) is 24.0 Å².